The summed E-state index contributed by atoms with van der Waals surface area (Å²) in [7, 11) is -0.607. The lowest BCUT2D eigenvalue weighted by Gasteiger charge is -2.29. The van der Waals surface area contributed by atoms with Gasteiger partial charge in [0.15, 0.2) is 0 Å². The third-order valence-electron chi connectivity index (χ3n) is 3.10. The number of nitrogens with one attached hydrogen (secondary N) is 1. The summed E-state index contributed by atoms with van der Waals surface area (Å²) in [6.45, 7) is 12.1. The molecule has 1 unspecified atom stereocenters. The smallest absolute Gasteiger partial charge is 0.377 e. The van der Waals surface area contributed by atoms with Crippen LogP contribution < -0.4 is 5.32 Å². The summed E-state index contributed by atoms with van der Waals surface area (Å²) >= 11 is 0. The van der Waals surface area contributed by atoms with E-state index in [0.29, 0.717) is 19.8 Å². The fraction of sp³-hybridized carbons (Fsp3) is 1.00. The topological polar surface area (TPSA) is 49.0 Å². The molecule has 0 aromatic heterocycles. The highest BCUT2D eigenvalue weighted by Gasteiger charge is 2.40. The Bertz CT molecular complexity index is 222. The third kappa shape index (κ3) is 10.7. The first-order chi connectivity index (χ1) is 10.6. The molecule has 0 aliphatic carbocycles. The molecule has 0 heterocycles. The molecule has 0 spiro atoms. The first kappa shape index (κ1) is 22.0. The number of ether oxygens (including phenoxy) is 1. The maximum atomic E-state index is 6.06. The van der Waals surface area contributed by atoms with E-state index in [1.54, 1.807) is 0 Å². The minimum Gasteiger partial charge on any atom is -0.377 e. The van der Waals surface area contributed by atoms with Crippen LogP contribution in [-0.2, 0) is 18.0 Å². The lowest BCUT2D eigenvalue weighted by Crippen LogP contribution is -2.46. The van der Waals surface area contributed by atoms with E-state index < -0.39 is 8.80 Å². The zero-order chi connectivity index (χ0) is 16.7. The quantitative estimate of drug-likeness (QED) is 0.347. The first-order valence-electron chi connectivity index (χ1n) is 8.82. The van der Waals surface area contributed by atoms with E-state index in [2.05, 4.69) is 33.0 Å². The van der Waals surface area contributed by atoms with Crippen LogP contribution in [0, 0.1) is 0 Å². The van der Waals surface area contributed by atoms with Crippen molar-refractivity contribution in [3.63, 3.8) is 0 Å². The van der Waals surface area contributed by atoms with E-state index in [1.807, 2.05) is 7.05 Å². The van der Waals surface area contributed by atoms with Gasteiger partial charge in [-0.1, -0.05) is 20.8 Å². The van der Waals surface area contributed by atoms with E-state index in [9.17, 15) is 0 Å². The van der Waals surface area contributed by atoms with E-state index >= 15 is 0 Å². The Kier molecular flexibility index (Phi) is 14.6. The zero-order valence-corrected chi connectivity index (χ0v) is 16.3. The summed E-state index contributed by atoms with van der Waals surface area (Å²) in [5.74, 6) is 0. The van der Waals surface area contributed by atoms with Crippen molar-refractivity contribution in [2.75, 3.05) is 40.0 Å². The lowest BCUT2D eigenvalue weighted by molar-refractivity contribution is 0.0454. The minimum absolute atomic E-state index is 0.228. The van der Waals surface area contributed by atoms with Crippen LogP contribution in [0.2, 0.25) is 6.04 Å². The molecule has 0 saturated heterocycles. The highest BCUT2D eigenvalue weighted by atomic mass is 28.4. The van der Waals surface area contributed by atoms with Crippen LogP contribution in [0.5, 0.6) is 0 Å². The molecule has 0 fully saturated rings. The standard InChI is InChI=1S/C16H37NO4Si/c1-6-10-19-22(20-11-7-2,21-12-8-3)14-9-13-18-16(4)15-17-5/h16-17H,6-15H2,1-5H3. The highest BCUT2D eigenvalue weighted by Crippen LogP contribution is 2.19. The van der Waals surface area contributed by atoms with Gasteiger partial charge in [0.2, 0.25) is 0 Å². The van der Waals surface area contributed by atoms with Crippen LogP contribution in [0.4, 0.5) is 0 Å². The summed E-state index contributed by atoms with van der Waals surface area (Å²) < 4.78 is 24.0. The second-order valence-corrected chi connectivity index (χ2v) is 8.30. The van der Waals surface area contributed by atoms with Crippen molar-refractivity contribution in [2.24, 2.45) is 0 Å². The van der Waals surface area contributed by atoms with Crippen LogP contribution >= 0.6 is 0 Å². The Morgan fingerprint density at radius 1 is 0.864 bits per heavy atom. The van der Waals surface area contributed by atoms with Crippen molar-refractivity contribution in [3.8, 4) is 0 Å². The second-order valence-electron chi connectivity index (χ2n) is 5.57. The molecule has 0 aliphatic heterocycles. The Labute approximate surface area is 138 Å². The third-order valence-corrected chi connectivity index (χ3v) is 6.00. The molecule has 0 rings (SSSR count). The van der Waals surface area contributed by atoms with Crippen molar-refractivity contribution in [2.45, 2.75) is 65.5 Å². The predicted octanol–water partition coefficient (Wildman–Crippen LogP) is 3.22. The summed E-state index contributed by atoms with van der Waals surface area (Å²) in [5, 5.41) is 3.12. The van der Waals surface area contributed by atoms with Gasteiger partial charge in [-0.2, -0.15) is 0 Å². The van der Waals surface area contributed by atoms with Crippen LogP contribution in [-0.4, -0.2) is 54.9 Å². The second kappa shape index (κ2) is 14.6. The molecule has 0 aromatic carbocycles. The van der Waals surface area contributed by atoms with Crippen molar-refractivity contribution in [1.82, 2.24) is 5.32 Å². The number of likely N-dealkylation sites (N-methyl/N-ethyl adjacent to an activating group) is 1. The Hall–Kier alpha value is 0.0169. The molecule has 134 valence electrons. The van der Waals surface area contributed by atoms with E-state index in [1.165, 1.54) is 0 Å². The Balaban J connectivity index is 4.38. The first-order valence-corrected chi connectivity index (χ1v) is 10.7. The van der Waals surface area contributed by atoms with Gasteiger partial charge in [0.25, 0.3) is 0 Å². The van der Waals surface area contributed by atoms with Gasteiger partial charge >= 0.3 is 8.80 Å². The van der Waals surface area contributed by atoms with Crippen LogP contribution in [0.15, 0.2) is 0 Å². The average molecular weight is 336 g/mol. The summed E-state index contributed by atoms with van der Waals surface area (Å²) in [6.07, 6.45) is 4.09. The molecular formula is C16H37NO4Si. The maximum absolute atomic E-state index is 6.06. The molecule has 0 amide bonds. The van der Waals surface area contributed by atoms with Crippen LogP contribution in [0.1, 0.15) is 53.4 Å². The van der Waals surface area contributed by atoms with E-state index in [0.717, 1.165) is 44.9 Å². The molecule has 6 heteroatoms. The van der Waals surface area contributed by atoms with Crippen molar-refractivity contribution in [3.05, 3.63) is 0 Å². The van der Waals surface area contributed by atoms with Gasteiger partial charge in [0.1, 0.15) is 0 Å². The number of hydrogen-bond acceptors (Lipinski definition) is 5. The van der Waals surface area contributed by atoms with Crippen molar-refractivity contribution < 1.29 is 18.0 Å². The van der Waals surface area contributed by atoms with Crippen molar-refractivity contribution >= 4 is 8.80 Å². The largest absolute Gasteiger partial charge is 0.501 e. The average Bonchev–Trinajstić information content (AvgIpc) is 2.52. The van der Waals surface area contributed by atoms with Crippen molar-refractivity contribution in [1.29, 1.82) is 0 Å². The summed E-state index contributed by atoms with van der Waals surface area (Å²) in [4.78, 5) is 0. The molecule has 0 bridgehead atoms. The molecule has 0 aliphatic rings. The van der Waals surface area contributed by atoms with Crippen LogP contribution in [0.25, 0.3) is 0 Å². The normalized spacial score (nSPS) is 13.5. The van der Waals surface area contributed by atoms with Gasteiger partial charge in [0, 0.05) is 39.0 Å². The summed E-state index contributed by atoms with van der Waals surface area (Å²) in [5.41, 5.74) is 0. The van der Waals surface area contributed by atoms with Gasteiger partial charge in [0.05, 0.1) is 6.10 Å². The lowest BCUT2D eigenvalue weighted by atomic mass is 10.4. The molecule has 5 nitrogen and oxygen atoms in total. The molecule has 22 heavy (non-hydrogen) atoms. The molecule has 1 atom stereocenters. The molecule has 0 radical (unpaired) electrons. The van der Waals surface area contributed by atoms with Gasteiger partial charge in [-0.3, -0.25) is 0 Å². The van der Waals surface area contributed by atoms with Gasteiger partial charge in [-0.05, 0) is 39.7 Å². The highest BCUT2D eigenvalue weighted by molar-refractivity contribution is 6.60. The minimum atomic E-state index is -2.54. The van der Waals surface area contributed by atoms with Gasteiger partial charge in [-0.15, -0.1) is 0 Å². The van der Waals surface area contributed by atoms with E-state index in [-0.39, 0.29) is 6.10 Å². The fourth-order valence-corrected chi connectivity index (χ4v) is 4.84. The monoisotopic (exact) mass is 335 g/mol. The maximum Gasteiger partial charge on any atom is 0.501 e. The van der Waals surface area contributed by atoms with E-state index in [4.69, 9.17) is 18.0 Å². The predicted molar refractivity (Wildman–Crippen MR) is 93.2 cm³/mol. The zero-order valence-electron chi connectivity index (χ0n) is 15.3. The molecule has 0 saturated carbocycles. The number of rotatable bonds is 16. The SMILES string of the molecule is CCCO[Si](CCCOC(C)CNC)(OCCC)OCCC. The fourth-order valence-electron chi connectivity index (χ4n) is 2.03. The number of hydrogen-bond donors (Lipinski definition) is 1. The van der Waals surface area contributed by atoms with Gasteiger partial charge in [-0.25, -0.2) is 0 Å². The van der Waals surface area contributed by atoms with Crippen LogP contribution in [0.3, 0.4) is 0 Å². The Morgan fingerprint density at radius 2 is 1.36 bits per heavy atom. The Morgan fingerprint density at radius 3 is 1.77 bits per heavy atom. The molecule has 0 aromatic rings. The molecular weight excluding hydrogens is 298 g/mol. The van der Waals surface area contributed by atoms with Gasteiger partial charge < -0.3 is 23.3 Å². The summed E-state index contributed by atoms with van der Waals surface area (Å²) in [6, 6.07) is 0.833. The molecule has 1 N–H and O–H groups in total.